The van der Waals surface area contributed by atoms with E-state index in [-0.39, 0.29) is 25.7 Å². The van der Waals surface area contributed by atoms with Crippen molar-refractivity contribution in [3.05, 3.63) is 0 Å². The number of carbonyl (C=O) groups excluding carboxylic acids is 4. The summed E-state index contributed by atoms with van der Waals surface area (Å²) in [6.07, 6.45) is 56.0. The lowest BCUT2D eigenvalue weighted by molar-refractivity contribution is -0.161. The second kappa shape index (κ2) is 67.9. The molecule has 0 heterocycles. The molecular formula is C76H148O17P2. The molecule has 3 N–H and O–H groups in total. The van der Waals surface area contributed by atoms with Crippen LogP contribution < -0.4 is 0 Å². The first-order chi connectivity index (χ1) is 45.9. The zero-order chi connectivity index (χ0) is 70.0. The Morgan fingerprint density at radius 2 is 0.537 bits per heavy atom. The van der Waals surface area contributed by atoms with Crippen LogP contribution in [0.3, 0.4) is 0 Å². The molecule has 0 saturated carbocycles. The highest BCUT2D eigenvalue weighted by Gasteiger charge is 2.30. The largest absolute Gasteiger partial charge is 0.472 e. The molecule has 0 rings (SSSR count). The molecule has 0 fully saturated rings. The monoisotopic (exact) mass is 1400 g/mol. The van der Waals surface area contributed by atoms with Crippen molar-refractivity contribution in [3.63, 3.8) is 0 Å². The summed E-state index contributed by atoms with van der Waals surface area (Å²) in [6.45, 7) is 9.60. The van der Waals surface area contributed by atoms with E-state index in [1.165, 1.54) is 186 Å². The van der Waals surface area contributed by atoms with E-state index in [1.807, 2.05) is 0 Å². The first-order valence-electron chi connectivity index (χ1n) is 39.5. The van der Waals surface area contributed by atoms with Gasteiger partial charge in [0.15, 0.2) is 12.2 Å². The number of esters is 4. The maximum Gasteiger partial charge on any atom is 0.472 e. The number of hydrogen-bond acceptors (Lipinski definition) is 15. The lowest BCUT2D eigenvalue weighted by Gasteiger charge is -2.21. The van der Waals surface area contributed by atoms with E-state index in [1.54, 1.807) is 0 Å². The molecule has 19 heteroatoms. The molecule has 95 heavy (non-hydrogen) atoms. The van der Waals surface area contributed by atoms with E-state index >= 15 is 0 Å². The van der Waals surface area contributed by atoms with Gasteiger partial charge in [-0.1, -0.05) is 343 Å². The smallest absolute Gasteiger partial charge is 0.462 e. The van der Waals surface area contributed by atoms with Crippen LogP contribution in [0.4, 0.5) is 0 Å². The van der Waals surface area contributed by atoms with Crippen molar-refractivity contribution in [2.45, 2.75) is 413 Å². The van der Waals surface area contributed by atoms with Gasteiger partial charge in [0.05, 0.1) is 26.4 Å². The van der Waals surface area contributed by atoms with E-state index in [0.29, 0.717) is 25.7 Å². The van der Waals surface area contributed by atoms with Crippen LogP contribution in [-0.4, -0.2) is 96.7 Å². The van der Waals surface area contributed by atoms with Crippen molar-refractivity contribution in [1.29, 1.82) is 0 Å². The minimum atomic E-state index is -4.95. The van der Waals surface area contributed by atoms with Gasteiger partial charge in [0.25, 0.3) is 0 Å². The van der Waals surface area contributed by atoms with Gasteiger partial charge in [0.2, 0.25) is 0 Å². The number of phosphoric ester groups is 2. The highest BCUT2D eigenvalue weighted by Crippen LogP contribution is 2.45. The Kier molecular flexibility index (Phi) is 66.5. The van der Waals surface area contributed by atoms with E-state index in [4.69, 9.17) is 37.0 Å². The van der Waals surface area contributed by atoms with E-state index in [2.05, 4.69) is 41.5 Å². The number of unbranched alkanes of at least 4 members (excludes halogenated alkanes) is 44. The first kappa shape index (κ1) is 93.1. The predicted octanol–water partition coefficient (Wildman–Crippen LogP) is 22.3. The molecule has 0 saturated heterocycles. The zero-order valence-electron chi connectivity index (χ0n) is 62.0. The maximum absolute atomic E-state index is 13.1. The average Bonchev–Trinajstić information content (AvgIpc) is 1.78. The van der Waals surface area contributed by atoms with E-state index < -0.39 is 97.5 Å². The summed E-state index contributed by atoms with van der Waals surface area (Å²) >= 11 is 0. The summed E-state index contributed by atoms with van der Waals surface area (Å²) in [5.41, 5.74) is 0. The van der Waals surface area contributed by atoms with Crippen molar-refractivity contribution in [2.75, 3.05) is 39.6 Å². The highest BCUT2D eigenvalue weighted by molar-refractivity contribution is 7.47. The Hall–Kier alpha value is -1.94. The van der Waals surface area contributed by atoms with Crippen molar-refractivity contribution < 1.29 is 80.2 Å². The number of carbonyl (C=O) groups is 4. The predicted molar refractivity (Wildman–Crippen MR) is 386 cm³/mol. The lowest BCUT2D eigenvalue weighted by Crippen LogP contribution is -2.30. The molecule has 0 aromatic rings. The third kappa shape index (κ3) is 69.0. The van der Waals surface area contributed by atoms with Gasteiger partial charge < -0.3 is 33.8 Å². The maximum atomic E-state index is 13.1. The van der Waals surface area contributed by atoms with Gasteiger partial charge in [-0.25, -0.2) is 9.13 Å². The SMILES string of the molecule is CCCCCCCCCC(=O)OC[C@H](COP(=O)(O)OC[C@H](O)COP(=O)(O)OC[C@@H](COC(=O)CCCCCCCCCCCCCCCCCCC(C)C)OC(=O)CCCCCCCCCCCCCCCCCCCCC(C)CC)OC(=O)CCCCCCCCC. The first-order valence-corrected chi connectivity index (χ1v) is 42.5. The molecule has 3 unspecified atom stereocenters. The Balaban J connectivity index is 5.10. The van der Waals surface area contributed by atoms with E-state index in [9.17, 15) is 43.2 Å². The number of hydrogen-bond donors (Lipinski definition) is 3. The number of aliphatic hydroxyl groups excluding tert-OH is 1. The van der Waals surface area contributed by atoms with Gasteiger partial charge in [-0.3, -0.25) is 37.3 Å². The van der Waals surface area contributed by atoms with Crippen molar-refractivity contribution in [3.8, 4) is 0 Å². The number of rotatable bonds is 75. The molecule has 0 radical (unpaired) electrons. The molecule has 564 valence electrons. The summed E-state index contributed by atoms with van der Waals surface area (Å²) < 4.78 is 68.2. The Morgan fingerprint density at radius 1 is 0.305 bits per heavy atom. The van der Waals surface area contributed by atoms with Gasteiger partial charge in [0.1, 0.15) is 19.3 Å². The van der Waals surface area contributed by atoms with Crippen LogP contribution in [0.2, 0.25) is 0 Å². The Morgan fingerprint density at radius 3 is 0.800 bits per heavy atom. The minimum absolute atomic E-state index is 0.104. The second-order valence-electron chi connectivity index (χ2n) is 28.1. The van der Waals surface area contributed by atoms with Crippen LogP contribution in [0.15, 0.2) is 0 Å². The fraction of sp³-hybridized carbons (Fsp3) is 0.947. The highest BCUT2D eigenvalue weighted by atomic mass is 31.2. The summed E-state index contributed by atoms with van der Waals surface area (Å²) in [5.74, 6) is -0.443. The normalized spacial score (nSPS) is 14.3. The van der Waals surface area contributed by atoms with Crippen molar-refractivity contribution in [2.24, 2.45) is 11.8 Å². The van der Waals surface area contributed by atoms with Gasteiger partial charge >= 0.3 is 39.5 Å². The second-order valence-corrected chi connectivity index (χ2v) is 31.0. The van der Waals surface area contributed by atoms with Crippen LogP contribution in [-0.2, 0) is 65.4 Å². The van der Waals surface area contributed by atoms with Gasteiger partial charge in [-0.15, -0.1) is 0 Å². The van der Waals surface area contributed by atoms with Crippen LogP contribution >= 0.6 is 15.6 Å². The van der Waals surface area contributed by atoms with Gasteiger partial charge in [-0.05, 0) is 37.5 Å². The average molecular weight is 1400 g/mol. The van der Waals surface area contributed by atoms with Gasteiger partial charge in [0, 0.05) is 25.7 Å². The molecule has 0 aliphatic heterocycles. The molecule has 0 aromatic carbocycles. The topological polar surface area (TPSA) is 237 Å². The quantitative estimate of drug-likeness (QED) is 0.0222. The Bertz CT molecular complexity index is 1840. The number of phosphoric acid groups is 2. The Labute approximate surface area is 581 Å². The van der Waals surface area contributed by atoms with Crippen molar-refractivity contribution >= 4 is 39.5 Å². The molecule has 0 aliphatic carbocycles. The summed E-state index contributed by atoms with van der Waals surface area (Å²) in [5, 5.41) is 10.6. The number of aliphatic hydroxyl groups is 1. The van der Waals surface area contributed by atoms with Crippen LogP contribution in [0.25, 0.3) is 0 Å². The third-order valence-electron chi connectivity index (χ3n) is 18.1. The van der Waals surface area contributed by atoms with Crippen LogP contribution in [0, 0.1) is 11.8 Å². The summed E-state index contributed by atoms with van der Waals surface area (Å²) in [6, 6.07) is 0. The lowest BCUT2D eigenvalue weighted by atomic mass is 9.99. The molecule has 0 spiro atoms. The van der Waals surface area contributed by atoms with Gasteiger partial charge in [-0.2, -0.15) is 0 Å². The summed E-state index contributed by atoms with van der Waals surface area (Å²) in [7, 11) is -9.90. The van der Waals surface area contributed by atoms with E-state index in [0.717, 1.165) is 127 Å². The minimum Gasteiger partial charge on any atom is -0.462 e. The van der Waals surface area contributed by atoms with Crippen molar-refractivity contribution in [1.82, 2.24) is 0 Å². The molecule has 0 amide bonds. The van der Waals surface area contributed by atoms with Crippen LogP contribution in [0.1, 0.15) is 395 Å². The third-order valence-corrected chi connectivity index (χ3v) is 20.0. The molecule has 0 aromatic heterocycles. The standard InChI is InChI=1S/C76H148O17P2/c1-7-10-12-14-38-46-52-58-73(78)86-64-71(92-75(80)60-54-48-39-15-13-11-8-2)66-90-94(82,83)88-62-70(77)63-89-95(84,85)91-67-72(65-87-74(79)59-53-47-42-36-32-28-24-21-20-22-26-30-34-40-44-50-56-68(4)5)93-76(81)61-55-49-43-37-33-29-25-19-17-16-18-23-27-31-35-41-45-51-57-69(6)9-3/h68-72,77H,7-67H2,1-6H3,(H,82,83)(H,84,85)/t69?,70-,71+,72+/m0/s1. The fourth-order valence-corrected chi connectivity index (χ4v) is 13.2. The number of ether oxygens (including phenoxy) is 4. The summed E-state index contributed by atoms with van der Waals surface area (Å²) in [4.78, 5) is 72.4. The molecular weight excluding hydrogens is 1250 g/mol. The molecule has 17 nitrogen and oxygen atoms in total. The van der Waals surface area contributed by atoms with Crippen LogP contribution in [0.5, 0.6) is 0 Å². The molecule has 0 aliphatic rings. The zero-order valence-corrected chi connectivity index (χ0v) is 63.8. The molecule has 6 atom stereocenters. The molecule has 0 bridgehead atoms. The fourth-order valence-electron chi connectivity index (χ4n) is 11.6.